The molecule has 0 heterocycles. The lowest BCUT2D eigenvalue weighted by atomic mass is 9.84. The summed E-state index contributed by atoms with van der Waals surface area (Å²) in [5.74, 6) is 2.51. The van der Waals surface area contributed by atoms with Gasteiger partial charge in [0.15, 0.2) is 0 Å². The van der Waals surface area contributed by atoms with Crippen LogP contribution in [0.25, 0.3) is 0 Å². The summed E-state index contributed by atoms with van der Waals surface area (Å²) in [5.41, 5.74) is 0. The summed E-state index contributed by atoms with van der Waals surface area (Å²) in [5, 5.41) is 3.55. The zero-order valence-electron chi connectivity index (χ0n) is 10.8. The van der Waals surface area contributed by atoms with Crippen molar-refractivity contribution in [1.82, 2.24) is 5.32 Å². The van der Waals surface area contributed by atoms with Crippen molar-refractivity contribution in [3.05, 3.63) is 0 Å². The third kappa shape index (κ3) is 4.96. The van der Waals surface area contributed by atoms with Gasteiger partial charge in [0.05, 0.1) is 0 Å². The molecule has 1 fully saturated rings. The van der Waals surface area contributed by atoms with Gasteiger partial charge in [0.25, 0.3) is 0 Å². The minimum Gasteiger partial charge on any atom is -0.313 e. The van der Waals surface area contributed by atoms with Gasteiger partial charge < -0.3 is 5.32 Å². The van der Waals surface area contributed by atoms with Crippen LogP contribution in [0.4, 0.5) is 0 Å². The quantitative estimate of drug-likeness (QED) is 0.747. The van der Waals surface area contributed by atoms with E-state index in [0.717, 1.165) is 30.4 Å². The molecule has 0 amide bonds. The summed E-state index contributed by atoms with van der Waals surface area (Å²) >= 11 is 0. The van der Waals surface area contributed by atoms with E-state index in [1.54, 1.807) is 0 Å². The molecular weight excluding hydrogens is 218 g/mol. The average molecular weight is 245 g/mol. The van der Waals surface area contributed by atoms with Gasteiger partial charge in [0.1, 0.15) is 0 Å². The Kier molecular flexibility index (Phi) is 7.30. The molecule has 1 aliphatic rings. The molecule has 16 heavy (non-hydrogen) atoms. The number of rotatable bonds is 7. The Morgan fingerprint density at radius 2 is 1.94 bits per heavy atom. The Labute approximate surface area is 103 Å². The fourth-order valence-corrected chi connectivity index (χ4v) is 4.08. The minimum absolute atomic E-state index is 0.498. The van der Waals surface area contributed by atoms with E-state index in [0.29, 0.717) is 6.04 Å². The van der Waals surface area contributed by atoms with Crippen molar-refractivity contribution in [2.45, 2.75) is 58.4 Å². The van der Waals surface area contributed by atoms with E-state index in [2.05, 4.69) is 19.2 Å². The zero-order valence-corrected chi connectivity index (χ0v) is 11.7. The Hall–Kier alpha value is 0.110. The molecule has 2 atom stereocenters. The van der Waals surface area contributed by atoms with Crippen LogP contribution in [0.1, 0.15) is 52.4 Å². The molecular formula is C13H27NOS. The SMILES string of the molecule is CCCS(=O)CC(NCC)C1CCCCC1. The highest BCUT2D eigenvalue weighted by atomic mass is 32.2. The van der Waals surface area contributed by atoms with E-state index in [1.165, 1.54) is 32.1 Å². The molecule has 2 unspecified atom stereocenters. The molecule has 1 rings (SSSR count). The number of nitrogens with one attached hydrogen (secondary N) is 1. The summed E-state index contributed by atoms with van der Waals surface area (Å²) in [7, 11) is -0.616. The number of hydrogen-bond acceptors (Lipinski definition) is 2. The predicted molar refractivity (Wildman–Crippen MR) is 72.2 cm³/mol. The van der Waals surface area contributed by atoms with E-state index in [1.807, 2.05) is 0 Å². The van der Waals surface area contributed by atoms with E-state index in [4.69, 9.17) is 0 Å². The first kappa shape index (κ1) is 14.2. The van der Waals surface area contributed by atoms with Crippen molar-refractivity contribution in [2.75, 3.05) is 18.1 Å². The lowest BCUT2D eigenvalue weighted by Gasteiger charge is -2.30. The fraction of sp³-hybridized carbons (Fsp3) is 1.00. The summed E-state index contributed by atoms with van der Waals surface area (Å²) in [6, 6.07) is 0.498. The maximum absolute atomic E-state index is 11.8. The first-order valence-corrected chi connectivity index (χ1v) is 8.35. The van der Waals surface area contributed by atoms with Gasteiger partial charge in [-0.25, -0.2) is 0 Å². The van der Waals surface area contributed by atoms with Gasteiger partial charge in [-0.2, -0.15) is 0 Å². The number of hydrogen-bond donors (Lipinski definition) is 1. The van der Waals surface area contributed by atoms with Crippen LogP contribution in [0.15, 0.2) is 0 Å². The molecule has 0 bridgehead atoms. The lowest BCUT2D eigenvalue weighted by Crippen LogP contribution is -2.41. The maximum Gasteiger partial charge on any atom is 0.0391 e. The monoisotopic (exact) mass is 245 g/mol. The first-order valence-electron chi connectivity index (χ1n) is 6.86. The molecule has 2 nitrogen and oxygen atoms in total. The largest absolute Gasteiger partial charge is 0.313 e. The van der Waals surface area contributed by atoms with E-state index < -0.39 is 10.8 Å². The molecule has 0 spiro atoms. The predicted octanol–water partition coefficient (Wildman–Crippen LogP) is 2.70. The van der Waals surface area contributed by atoms with Crippen molar-refractivity contribution in [3.63, 3.8) is 0 Å². The van der Waals surface area contributed by atoms with Gasteiger partial charge in [0.2, 0.25) is 0 Å². The van der Waals surface area contributed by atoms with Crippen LogP contribution in [0.5, 0.6) is 0 Å². The highest BCUT2D eigenvalue weighted by Gasteiger charge is 2.24. The second-order valence-corrected chi connectivity index (χ2v) is 6.49. The molecule has 1 aliphatic carbocycles. The zero-order chi connectivity index (χ0) is 11.8. The van der Waals surface area contributed by atoms with Crippen LogP contribution >= 0.6 is 0 Å². The second kappa shape index (κ2) is 8.24. The average Bonchev–Trinajstić information content (AvgIpc) is 2.30. The van der Waals surface area contributed by atoms with Crippen molar-refractivity contribution in [1.29, 1.82) is 0 Å². The molecule has 0 radical (unpaired) electrons. The van der Waals surface area contributed by atoms with E-state index in [9.17, 15) is 4.21 Å². The Balaban J connectivity index is 2.41. The molecule has 0 aromatic heterocycles. The molecule has 0 aliphatic heterocycles. The minimum atomic E-state index is -0.616. The van der Waals surface area contributed by atoms with Crippen LogP contribution in [-0.4, -0.2) is 28.3 Å². The topological polar surface area (TPSA) is 29.1 Å². The smallest absolute Gasteiger partial charge is 0.0391 e. The van der Waals surface area contributed by atoms with Crippen molar-refractivity contribution in [3.8, 4) is 0 Å². The Bertz CT molecular complexity index is 202. The van der Waals surface area contributed by atoms with Crippen LogP contribution in [0, 0.1) is 5.92 Å². The molecule has 0 aromatic carbocycles. The van der Waals surface area contributed by atoms with Gasteiger partial charge in [0, 0.05) is 28.3 Å². The normalized spacial score (nSPS) is 21.9. The van der Waals surface area contributed by atoms with Gasteiger partial charge in [-0.05, 0) is 31.7 Å². The van der Waals surface area contributed by atoms with Crippen LogP contribution in [0.2, 0.25) is 0 Å². The first-order chi connectivity index (χ1) is 7.77. The molecule has 3 heteroatoms. The summed E-state index contributed by atoms with van der Waals surface area (Å²) in [4.78, 5) is 0. The summed E-state index contributed by atoms with van der Waals surface area (Å²) in [6.45, 7) is 5.27. The fourth-order valence-electron chi connectivity index (χ4n) is 2.67. The third-order valence-electron chi connectivity index (χ3n) is 3.48. The van der Waals surface area contributed by atoms with Crippen molar-refractivity contribution < 1.29 is 4.21 Å². The van der Waals surface area contributed by atoms with Gasteiger partial charge in [-0.3, -0.25) is 4.21 Å². The molecule has 1 N–H and O–H groups in total. The van der Waals surface area contributed by atoms with Crippen LogP contribution in [0.3, 0.4) is 0 Å². The molecule has 96 valence electrons. The maximum atomic E-state index is 11.8. The highest BCUT2D eigenvalue weighted by Crippen LogP contribution is 2.26. The Morgan fingerprint density at radius 3 is 2.50 bits per heavy atom. The summed E-state index contributed by atoms with van der Waals surface area (Å²) in [6.07, 6.45) is 7.84. The van der Waals surface area contributed by atoms with Gasteiger partial charge in [-0.15, -0.1) is 0 Å². The lowest BCUT2D eigenvalue weighted by molar-refractivity contribution is 0.287. The molecule has 1 saturated carbocycles. The third-order valence-corrected chi connectivity index (χ3v) is 5.08. The van der Waals surface area contributed by atoms with Gasteiger partial charge >= 0.3 is 0 Å². The second-order valence-electron chi connectivity index (χ2n) is 4.87. The van der Waals surface area contributed by atoms with Crippen LogP contribution in [-0.2, 0) is 10.8 Å². The molecule has 0 saturated heterocycles. The van der Waals surface area contributed by atoms with Gasteiger partial charge in [-0.1, -0.05) is 33.1 Å². The highest BCUT2D eigenvalue weighted by molar-refractivity contribution is 7.85. The van der Waals surface area contributed by atoms with Crippen molar-refractivity contribution >= 4 is 10.8 Å². The van der Waals surface area contributed by atoms with E-state index >= 15 is 0 Å². The Morgan fingerprint density at radius 1 is 1.25 bits per heavy atom. The molecule has 0 aromatic rings. The van der Waals surface area contributed by atoms with Crippen LogP contribution < -0.4 is 5.32 Å². The van der Waals surface area contributed by atoms with Crippen molar-refractivity contribution in [2.24, 2.45) is 5.92 Å². The standard InChI is InChI=1S/C13H27NOS/c1-3-10-16(15)11-13(14-4-2)12-8-6-5-7-9-12/h12-14H,3-11H2,1-2H3. The van der Waals surface area contributed by atoms with E-state index in [-0.39, 0.29) is 0 Å². The summed E-state index contributed by atoms with van der Waals surface area (Å²) < 4.78 is 11.8.